The van der Waals surface area contributed by atoms with E-state index in [0.29, 0.717) is 6.07 Å². The zero-order chi connectivity index (χ0) is 17.6. The molecule has 1 aromatic rings. The molecule has 0 heterocycles. The number of benzene rings is 1. The first-order valence-electron chi connectivity index (χ1n) is 6.90. The Kier molecular flexibility index (Phi) is 6.62. The molecule has 1 aromatic carbocycles. The minimum absolute atomic E-state index is 0.151. The number of ether oxygens (including phenoxy) is 1. The van der Waals surface area contributed by atoms with Crippen molar-refractivity contribution in [2.45, 2.75) is 26.3 Å². The van der Waals surface area contributed by atoms with Gasteiger partial charge in [0.2, 0.25) is 0 Å². The predicted octanol–water partition coefficient (Wildman–Crippen LogP) is 1.74. The fraction of sp³-hybridized carbons (Fsp3) is 0.400. The maximum atomic E-state index is 13.1. The topological polar surface area (TPSA) is 92.7 Å². The summed E-state index contributed by atoms with van der Waals surface area (Å²) in [5, 5.41) is 11.3. The number of carbonyl (C=O) groups is 3. The van der Waals surface area contributed by atoms with E-state index in [1.54, 1.807) is 6.92 Å². The van der Waals surface area contributed by atoms with Crippen LogP contribution in [0.2, 0.25) is 0 Å². The molecule has 0 aliphatic rings. The SMILES string of the molecule is CCOC(=O)C[C@@H](C)[C@H](NC(=O)c1cc(F)cc(F)c1)C(=O)O. The van der Waals surface area contributed by atoms with Crippen molar-refractivity contribution in [2.24, 2.45) is 5.92 Å². The molecule has 0 unspecified atom stereocenters. The van der Waals surface area contributed by atoms with E-state index in [0.717, 1.165) is 12.1 Å². The van der Waals surface area contributed by atoms with Gasteiger partial charge in [0.25, 0.3) is 5.91 Å². The second-order valence-electron chi connectivity index (χ2n) is 4.93. The van der Waals surface area contributed by atoms with Gasteiger partial charge in [0.15, 0.2) is 0 Å². The largest absolute Gasteiger partial charge is 0.480 e. The van der Waals surface area contributed by atoms with E-state index in [-0.39, 0.29) is 18.6 Å². The molecular formula is C15H17F2NO5. The van der Waals surface area contributed by atoms with Crippen molar-refractivity contribution in [3.8, 4) is 0 Å². The monoisotopic (exact) mass is 329 g/mol. The lowest BCUT2D eigenvalue weighted by Gasteiger charge is -2.20. The summed E-state index contributed by atoms with van der Waals surface area (Å²) in [6.07, 6.45) is -0.220. The van der Waals surface area contributed by atoms with E-state index >= 15 is 0 Å². The van der Waals surface area contributed by atoms with Crippen LogP contribution in [0.1, 0.15) is 30.6 Å². The van der Waals surface area contributed by atoms with Crippen LogP contribution in [-0.2, 0) is 14.3 Å². The van der Waals surface area contributed by atoms with Gasteiger partial charge in [-0.1, -0.05) is 6.92 Å². The number of carboxylic acid groups (broad SMARTS) is 1. The number of halogens is 2. The number of carboxylic acids is 1. The van der Waals surface area contributed by atoms with Crippen LogP contribution in [0.3, 0.4) is 0 Å². The average Bonchev–Trinajstić information content (AvgIpc) is 2.42. The fourth-order valence-corrected chi connectivity index (χ4v) is 1.96. The third kappa shape index (κ3) is 5.65. The Morgan fingerprint density at radius 1 is 1.22 bits per heavy atom. The van der Waals surface area contributed by atoms with E-state index < -0.39 is 41.4 Å². The minimum atomic E-state index is -1.40. The molecule has 0 aliphatic heterocycles. The number of carbonyl (C=O) groups excluding carboxylic acids is 2. The lowest BCUT2D eigenvalue weighted by molar-refractivity contribution is -0.145. The highest BCUT2D eigenvalue weighted by Crippen LogP contribution is 2.13. The zero-order valence-electron chi connectivity index (χ0n) is 12.6. The smallest absolute Gasteiger partial charge is 0.326 e. The summed E-state index contributed by atoms with van der Waals surface area (Å²) in [6, 6.07) is 0.758. The van der Waals surface area contributed by atoms with Crippen LogP contribution in [0.15, 0.2) is 18.2 Å². The third-order valence-corrected chi connectivity index (χ3v) is 3.04. The van der Waals surface area contributed by atoms with Gasteiger partial charge in [0.1, 0.15) is 17.7 Å². The maximum Gasteiger partial charge on any atom is 0.326 e. The van der Waals surface area contributed by atoms with Crippen molar-refractivity contribution < 1.29 is 33.0 Å². The Balaban J connectivity index is 2.84. The summed E-state index contributed by atoms with van der Waals surface area (Å²) in [5.41, 5.74) is -0.350. The van der Waals surface area contributed by atoms with Gasteiger partial charge in [-0.25, -0.2) is 13.6 Å². The summed E-state index contributed by atoms with van der Waals surface area (Å²) < 4.78 is 30.9. The average molecular weight is 329 g/mol. The first-order valence-corrected chi connectivity index (χ1v) is 6.90. The van der Waals surface area contributed by atoms with Gasteiger partial charge in [0, 0.05) is 11.6 Å². The van der Waals surface area contributed by atoms with Gasteiger partial charge < -0.3 is 15.2 Å². The van der Waals surface area contributed by atoms with Crippen molar-refractivity contribution in [1.29, 1.82) is 0 Å². The predicted molar refractivity (Wildman–Crippen MR) is 75.7 cm³/mol. The van der Waals surface area contributed by atoms with Crippen LogP contribution in [0.5, 0.6) is 0 Å². The molecule has 0 bridgehead atoms. The van der Waals surface area contributed by atoms with Gasteiger partial charge in [-0.05, 0) is 25.0 Å². The van der Waals surface area contributed by atoms with Crippen LogP contribution in [-0.4, -0.2) is 35.6 Å². The number of hydrogen-bond acceptors (Lipinski definition) is 4. The van der Waals surface area contributed by atoms with E-state index in [4.69, 9.17) is 4.74 Å². The molecule has 2 N–H and O–H groups in total. The lowest BCUT2D eigenvalue weighted by atomic mass is 9.98. The zero-order valence-corrected chi connectivity index (χ0v) is 12.6. The molecule has 0 saturated carbocycles. The third-order valence-electron chi connectivity index (χ3n) is 3.04. The van der Waals surface area contributed by atoms with Crippen molar-refractivity contribution in [3.05, 3.63) is 35.4 Å². The molecule has 2 atom stereocenters. The highest BCUT2D eigenvalue weighted by atomic mass is 19.1. The number of esters is 1. The van der Waals surface area contributed by atoms with E-state index in [1.165, 1.54) is 6.92 Å². The van der Waals surface area contributed by atoms with Crippen LogP contribution >= 0.6 is 0 Å². The minimum Gasteiger partial charge on any atom is -0.480 e. The molecule has 23 heavy (non-hydrogen) atoms. The second kappa shape index (κ2) is 8.21. The van der Waals surface area contributed by atoms with Crippen molar-refractivity contribution in [1.82, 2.24) is 5.32 Å². The van der Waals surface area contributed by atoms with Crippen LogP contribution in [0.25, 0.3) is 0 Å². The van der Waals surface area contributed by atoms with E-state index in [2.05, 4.69) is 5.32 Å². The number of aliphatic carboxylic acids is 1. The molecule has 1 amide bonds. The summed E-state index contributed by atoms with van der Waals surface area (Å²) in [5.74, 6) is -5.60. The fourth-order valence-electron chi connectivity index (χ4n) is 1.96. The Labute approximate surface area is 131 Å². The molecule has 126 valence electrons. The van der Waals surface area contributed by atoms with E-state index in [9.17, 15) is 28.3 Å². The lowest BCUT2D eigenvalue weighted by Crippen LogP contribution is -2.45. The summed E-state index contributed by atoms with van der Waals surface area (Å²) in [7, 11) is 0. The number of rotatable bonds is 7. The molecule has 0 fully saturated rings. The molecule has 0 aliphatic carbocycles. The van der Waals surface area contributed by atoms with Crippen LogP contribution in [0.4, 0.5) is 8.78 Å². The van der Waals surface area contributed by atoms with Crippen molar-refractivity contribution in [2.75, 3.05) is 6.61 Å². The normalized spacial score (nSPS) is 13.0. The van der Waals surface area contributed by atoms with Crippen molar-refractivity contribution in [3.63, 3.8) is 0 Å². The molecule has 0 saturated heterocycles. The molecular weight excluding hydrogens is 312 g/mol. The Morgan fingerprint density at radius 2 is 1.78 bits per heavy atom. The highest BCUT2D eigenvalue weighted by molar-refractivity contribution is 5.96. The quantitative estimate of drug-likeness (QED) is 0.743. The molecule has 1 rings (SSSR count). The summed E-state index contributed by atoms with van der Waals surface area (Å²) >= 11 is 0. The second-order valence-corrected chi connectivity index (χ2v) is 4.93. The molecule has 6 nitrogen and oxygen atoms in total. The van der Waals surface area contributed by atoms with E-state index in [1.807, 2.05) is 0 Å². The summed E-state index contributed by atoms with van der Waals surface area (Å²) in [4.78, 5) is 34.6. The number of amides is 1. The first kappa shape index (κ1) is 18.5. The Morgan fingerprint density at radius 3 is 2.26 bits per heavy atom. The van der Waals surface area contributed by atoms with Crippen LogP contribution in [0, 0.1) is 17.6 Å². The van der Waals surface area contributed by atoms with Gasteiger partial charge in [0.05, 0.1) is 13.0 Å². The van der Waals surface area contributed by atoms with Crippen LogP contribution < -0.4 is 5.32 Å². The highest BCUT2D eigenvalue weighted by Gasteiger charge is 2.29. The molecule has 0 aromatic heterocycles. The van der Waals surface area contributed by atoms with Crippen molar-refractivity contribution >= 4 is 17.8 Å². The van der Waals surface area contributed by atoms with Gasteiger partial charge in [-0.2, -0.15) is 0 Å². The molecule has 8 heteroatoms. The maximum absolute atomic E-state index is 13.1. The number of hydrogen-bond donors (Lipinski definition) is 2. The standard InChI is InChI=1S/C15H17F2NO5/c1-3-23-12(19)4-8(2)13(15(21)22)18-14(20)9-5-10(16)7-11(17)6-9/h5-8,13H,3-4H2,1-2H3,(H,18,20)(H,21,22)/t8-,13+/m1/s1. The first-order chi connectivity index (χ1) is 10.7. The van der Waals surface area contributed by atoms with Gasteiger partial charge >= 0.3 is 11.9 Å². The number of nitrogens with one attached hydrogen (secondary N) is 1. The molecule has 0 radical (unpaired) electrons. The Hall–Kier alpha value is -2.51. The van der Waals surface area contributed by atoms with Gasteiger partial charge in [-0.3, -0.25) is 9.59 Å². The molecule has 0 spiro atoms. The Bertz CT molecular complexity index is 585. The summed E-state index contributed by atoms with van der Waals surface area (Å²) in [6.45, 7) is 3.21. The van der Waals surface area contributed by atoms with Gasteiger partial charge in [-0.15, -0.1) is 0 Å².